The van der Waals surface area contributed by atoms with E-state index < -0.39 is 24.3 Å². The Labute approximate surface area is 329 Å². The monoisotopic (exact) mass is 757 g/mol. The second-order valence-corrected chi connectivity index (χ2v) is 15.1. The fourth-order valence-corrected chi connectivity index (χ4v) is 8.13. The van der Waals surface area contributed by atoms with Gasteiger partial charge in [0.25, 0.3) is 5.91 Å². The molecule has 3 aliphatic rings. The van der Waals surface area contributed by atoms with E-state index in [1.54, 1.807) is 0 Å². The van der Waals surface area contributed by atoms with Gasteiger partial charge in [-0.05, 0) is 58.4 Å². The van der Waals surface area contributed by atoms with Gasteiger partial charge in [-0.2, -0.15) is 0 Å². The van der Waals surface area contributed by atoms with E-state index in [1.165, 1.54) is 30.6 Å². The molecule has 0 radical (unpaired) electrons. The number of ether oxygens (including phenoxy) is 3. The maximum atomic E-state index is 13.3. The summed E-state index contributed by atoms with van der Waals surface area (Å²) in [5.74, 6) is -0.758. The molecule has 1 aliphatic carbocycles. The summed E-state index contributed by atoms with van der Waals surface area (Å²) in [7, 11) is 0. The molecule has 2 aliphatic heterocycles. The van der Waals surface area contributed by atoms with Gasteiger partial charge in [-0.1, -0.05) is 117 Å². The predicted octanol–water partition coefficient (Wildman–Crippen LogP) is 7.62. The van der Waals surface area contributed by atoms with Gasteiger partial charge >= 0.3 is 6.09 Å². The lowest BCUT2D eigenvalue weighted by Gasteiger charge is -2.43. The van der Waals surface area contributed by atoms with Crippen molar-refractivity contribution in [1.29, 1.82) is 0 Å². The molecule has 0 bridgehead atoms. The maximum absolute atomic E-state index is 13.3. The Hall–Kier alpha value is -5.13. The van der Waals surface area contributed by atoms with Crippen molar-refractivity contribution in [1.82, 2.24) is 15.1 Å². The lowest BCUT2D eigenvalue weighted by molar-refractivity contribution is -0.276. The van der Waals surface area contributed by atoms with Gasteiger partial charge < -0.3 is 24.6 Å². The number of alkyl carbamates (subject to hydrolysis) is 1. The van der Waals surface area contributed by atoms with Crippen LogP contribution in [0.25, 0.3) is 11.1 Å². The predicted molar refractivity (Wildman–Crippen MR) is 213 cm³/mol. The zero-order chi connectivity index (χ0) is 39.0. The zero-order valence-electron chi connectivity index (χ0n) is 31.9. The third kappa shape index (κ3) is 9.28. The Bertz CT molecular complexity index is 1980. The zero-order valence-corrected chi connectivity index (χ0v) is 31.9. The summed E-state index contributed by atoms with van der Waals surface area (Å²) < 4.78 is 18.9. The molecule has 10 nitrogen and oxygen atoms in total. The van der Waals surface area contributed by atoms with Crippen LogP contribution in [0.15, 0.2) is 116 Å². The minimum atomic E-state index is -0.980. The van der Waals surface area contributed by atoms with Gasteiger partial charge in [0.1, 0.15) is 12.6 Å². The lowest BCUT2D eigenvalue weighted by atomic mass is 9.89. The Morgan fingerprint density at radius 1 is 0.893 bits per heavy atom. The van der Waals surface area contributed by atoms with Crippen molar-refractivity contribution in [2.24, 2.45) is 5.92 Å². The van der Waals surface area contributed by atoms with Crippen LogP contribution >= 0.6 is 0 Å². The van der Waals surface area contributed by atoms with Crippen molar-refractivity contribution in [2.45, 2.75) is 89.4 Å². The van der Waals surface area contributed by atoms with Crippen LogP contribution in [0.3, 0.4) is 0 Å². The van der Waals surface area contributed by atoms with Crippen molar-refractivity contribution in [2.75, 3.05) is 13.1 Å². The van der Waals surface area contributed by atoms with Crippen LogP contribution in [0.5, 0.6) is 0 Å². The van der Waals surface area contributed by atoms with E-state index in [2.05, 4.69) is 29.8 Å². The molecule has 56 heavy (non-hydrogen) atoms. The standard InChI is InChI=1S/C46H51N3O7/c1-3-23-48(39-17-7-8-18-39)28-41-31(2)43(35-21-19-32(29-50)20-22-35)56-45(55-41)38-16-10-15-37(25-38)36-14-9-13-34(24-36)27-49-42(51)26-40(44(49)52)47-46(53)54-30-33-11-5-4-6-12-33/h3-6,9-16,19-22,24-25,31,39-41,43,45,50H,1,7-8,17-18,23,26-30H2,2H3,(H,47,53)/t31-,40?,41+,43+,45+/m0/s1. The molecule has 292 valence electrons. The van der Waals surface area contributed by atoms with Gasteiger partial charge in [-0.15, -0.1) is 6.58 Å². The highest BCUT2D eigenvalue weighted by Crippen LogP contribution is 2.43. The number of nitrogens with zero attached hydrogens (tertiary/aromatic N) is 2. The molecule has 5 atom stereocenters. The molecule has 4 aromatic carbocycles. The van der Waals surface area contributed by atoms with Crippen molar-refractivity contribution in [3.8, 4) is 11.1 Å². The van der Waals surface area contributed by atoms with Gasteiger partial charge in [0.05, 0.1) is 31.8 Å². The number of carbonyl (C=O) groups is 3. The molecule has 3 fully saturated rings. The van der Waals surface area contributed by atoms with Gasteiger partial charge in [-0.25, -0.2) is 4.79 Å². The summed E-state index contributed by atoms with van der Waals surface area (Å²) in [5.41, 5.74) is 6.23. The van der Waals surface area contributed by atoms with E-state index in [1.807, 2.05) is 103 Å². The quantitative estimate of drug-likeness (QED) is 0.0997. The molecular formula is C46H51N3O7. The molecule has 10 heteroatoms. The van der Waals surface area contributed by atoms with E-state index in [4.69, 9.17) is 14.2 Å². The fourth-order valence-electron chi connectivity index (χ4n) is 8.13. The van der Waals surface area contributed by atoms with Gasteiger partial charge in [0, 0.05) is 30.6 Å². The molecule has 1 unspecified atom stereocenters. The molecule has 2 saturated heterocycles. The highest BCUT2D eigenvalue weighted by molar-refractivity contribution is 6.06. The van der Waals surface area contributed by atoms with Gasteiger partial charge in [0.15, 0.2) is 6.29 Å². The summed E-state index contributed by atoms with van der Waals surface area (Å²) >= 11 is 0. The SMILES string of the molecule is C=CCN(C[C@H]1O[C@@H](c2cccc(-c3cccc(CN4C(=O)CC(NC(=O)OCc5ccccc5)C4=O)c3)c2)O[C@@H](c2ccc(CO)cc2)[C@H]1C)C1CCCC1. The summed E-state index contributed by atoms with van der Waals surface area (Å²) in [4.78, 5) is 42.4. The molecule has 2 N–H and O–H groups in total. The van der Waals surface area contributed by atoms with Crippen LogP contribution in [0, 0.1) is 5.92 Å². The van der Waals surface area contributed by atoms with Crippen LogP contribution in [-0.2, 0) is 43.6 Å². The van der Waals surface area contributed by atoms with Crippen molar-refractivity contribution in [3.63, 3.8) is 0 Å². The number of imide groups is 1. The first-order valence-corrected chi connectivity index (χ1v) is 19.7. The Kier molecular flexibility index (Phi) is 12.7. The fraction of sp³-hybridized carbons (Fsp3) is 0.370. The largest absolute Gasteiger partial charge is 0.445 e. The summed E-state index contributed by atoms with van der Waals surface area (Å²) in [6.45, 7) is 7.94. The average Bonchev–Trinajstić information content (AvgIpc) is 3.86. The molecule has 4 aromatic rings. The van der Waals surface area contributed by atoms with Gasteiger partial charge in [-0.3, -0.25) is 19.4 Å². The number of likely N-dealkylation sites (tertiary alicyclic amines) is 1. The topological polar surface area (TPSA) is 118 Å². The Morgan fingerprint density at radius 3 is 2.34 bits per heavy atom. The smallest absolute Gasteiger partial charge is 0.408 e. The van der Waals surface area contributed by atoms with E-state index in [-0.39, 0.29) is 50.2 Å². The first-order chi connectivity index (χ1) is 27.3. The van der Waals surface area contributed by atoms with Crippen LogP contribution in [0.4, 0.5) is 4.79 Å². The van der Waals surface area contributed by atoms with Crippen LogP contribution in [-0.4, -0.2) is 64.1 Å². The highest BCUT2D eigenvalue weighted by atomic mass is 16.7. The second kappa shape index (κ2) is 18.2. The number of carbonyl (C=O) groups excluding carboxylic acids is 3. The Morgan fingerprint density at radius 2 is 1.61 bits per heavy atom. The number of rotatable bonds is 14. The number of benzene rings is 4. The summed E-state index contributed by atoms with van der Waals surface area (Å²) in [6, 6.07) is 32.6. The minimum Gasteiger partial charge on any atom is -0.445 e. The third-order valence-electron chi connectivity index (χ3n) is 11.3. The van der Waals surface area contributed by atoms with Crippen molar-refractivity contribution < 1.29 is 33.7 Å². The minimum absolute atomic E-state index is 0.0179. The maximum Gasteiger partial charge on any atom is 0.408 e. The molecule has 0 spiro atoms. The second-order valence-electron chi connectivity index (χ2n) is 15.1. The number of hydrogen-bond donors (Lipinski definition) is 2. The van der Waals surface area contributed by atoms with E-state index >= 15 is 0 Å². The number of hydrogen-bond acceptors (Lipinski definition) is 8. The summed E-state index contributed by atoms with van der Waals surface area (Å²) in [6.07, 6.45) is 5.00. The molecule has 2 heterocycles. The molecule has 0 aromatic heterocycles. The normalized spacial score (nSPS) is 22.8. The van der Waals surface area contributed by atoms with Gasteiger partial charge in [0.2, 0.25) is 5.91 Å². The molecular weight excluding hydrogens is 707 g/mol. The van der Waals surface area contributed by atoms with Crippen molar-refractivity contribution >= 4 is 17.9 Å². The summed E-state index contributed by atoms with van der Waals surface area (Å²) in [5, 5.41) is 12.2. The number of nitrogens with one attached hydrogen (secondary N) is 1. The van der Waals surface area contributed by atoms with Crippen LogP contribution in [0.1, 0.15) is 79.2 Å². The van der Waals surface area contributed by atoms with Crippen LogP contribution < -0.4 is 5.32 Å². The number of aliphatic hydroxyl groups excluding tert-OH is 1. The number of amides is 3. The molecule has 3 amide bonds. The first-order valence-electron chi connectivity index (χ1n) is 19.7. The third-order valence-corrected chi connectivity index (χ3v) is 11.3. The average molecular weight is 758 g/mol. The Balaban J connectivity index is 1.06. The first kappa shape index (κ1) is 39.1. The molecule has 1 saturated carbocycles. The van der Waals surface area contributed by atoms with Crippen LogP contribution in [0.2, 0.25) is 0 Å². The molecule has 7 rings (SSSR count). The van der Waals surface area contributed by atoms with E-state index in [9.17, 15) is 19.5 Å². The highest BCUT2D eigenvalue weighted by Gasteiger charge is 2.41. The number of aliphatic hydroxyl groups is 1. The lowest BCUT2D eigenvalue weighted by Crippen LogP contribution is -2.47. The van der Waals surface area contributed by atoms with E-state index in [0.717, 1.165) is 52.0 Å². The van der Waals surface area contributed by atoms with E-state index in [0.29, 0.717) is 6.04 Å². The van der Waals surface area contributed by atoms with Crippen molar-refractivity contribution in [3.05, 3.63) is 144 Å².